The van der Waals surface area contributed by atoms with E-state index in [1.54, 1.807) is 0 Å². The quantitative estimate of drug-likeness (QED) is 0.696. The van der Waals surface area contributed by atoms with Gasteiger partial charge in [-0.1, -0.05) is 26.7 Å². The molecule has 2 nitrogen and oxygen atoms in total. The number of nitrogens with one attached hydrogen (secondary N) is 1. The fourth-order valence-electron chi connectivity index (χ4n) is 2.82. The second kappa shape index (κ2) is 7.97. The Morgan fingerprint density at radius 1 is 1.41 bits per heavy atom. The molecule has 3 unspecified atom stereocenters. The topological polar surface area (TPSA) is 29.1 Å². The molecular weight excluding hydrogens is 234 g/mol. The first-order valence-corrected chi connectivity index (χ1v) is 7.56. The fourth-order valence-corrected chi connectivity index (χ4v) is 3.13. The number of hydrogen-bond acceptors (Lipinski definition) is 1. The maximum Gasteiger partial charge on any atom is 0.223 e. The molecule has 1 aliphatic rings. The molecule has 1 rings (SSSR count). The summed E-state index contributed by atoms with van der Waals surface area (Å²) >= 11 is 5.78. The van der Waals surface area contributed by atoms with Gasteiger partial charge in [0.2, 0.25) is 5.91 Å². The van der Waals surface area contributed by atoms with Gasteiger partial charge in [-0.2, -0.15) is 0 Å². The van der Waals surface area contributed by atoms with Crippen molar-refractivity contribution in [1.29, 1.82) is 0 Å². The molecule has 0 bridgehead atoms. The van der Waals surface area contributed by atoms with Crippen LogP contribution in [-0.4, -0.2) is 18.3 Å². The number of alkyl halides is 1. The third-order valence-corrected chi connectivity index (χ3v) is 4.20. The molecule has 3 heteroatoms. The van der Waals surface area contributed by atoms with E-state index in [1.165, 1.54) is 12.8 Å². The van der Waals surface area contributed by atoms with Gasteiger partial charge in [-0.05, 0) is 37.5 Å². The van der Waals surface area contributed by atoms with Crippen molar-refractivity contribution in [2.45, 2.75) is 52.4 Å². The van der Waals surface area contributed by atoms with E-state index in [0.29, 0.717) is 17.7 Å². The van der Waals surface area contributed by atoms with Crippen molar-refractivity contribution in [2.24, 2.45) is 17.8 Å². The van der Waals surface area contributed by atoms with E-state index in [-0.39, 0.29) is 11.8 Å². The van der Waals surface area contributed by atoms with Crippen LogP contribution in [0.15, 0.2) is 0 Å². The summed E-state index contributed by atoms with van der Waals surface area (Å²) in [6.07, 6.45) is 6.82. The fraction of sp³-hybridized carbons (Fsp3) is 0.929. The van der Waals surface area contributed by atoms with Crippen LogP contribution in [0, 0.1) is 17.8 Å². The standard InChI is InChI=1S/C14H26ClNO/c1-3-5-12(8-9-15)10-16-14(17)13-7-4-6-11(13)2/h11-13H,3-10H2,1-2H3,(H,16,17). The lowest BCUT2D eigenvalue weighted by Gasteiger charge is -2.19. The molecule has 0 aromatic carbocycles. The summed E-state index contributed by atoms with van der Waals surface area (Å²) in [6, 6.07) is 0. The van der Waals surface area contributed by atoms with E-state index in [2.05, 4.69) is 19.2 Å². The minimum absolute atomic E-state index is 0.258. The van der Waals surface area contributed by atoms with Gasteiger partial charge in [0, 0.05) is 18.3 Å². The Balaban J connectivity index is 2.29. The molecule has 17 heavy (non-hydrogen) atoms. The number of carbonyl (C=O) groups excluding carboxylic acids is 1. The molecule has 1 N–H and O–H groups in total. The number of halogens is 1. The van der Waals surface area contributed by atoms with Crippen LogP contribution in [0.2, 0.25) is 0 Å². The van der Waals surface area contributed by atoms with Gasteiger partial charge in [0.25, 0.3) is 0 Å². The molecule has 0 heterocycles. The molecule has 1 aliphatic carbocycles. The SMILES string of the molecule is CCCC(CCCl)CNC(=O)C1CCCC1C. The van der Waals surface area contributed by atoms with Gasteiger partial charge in [-0.15, -0.1) is 11.6 Å². The van der Waals surface area contributed by atoms with Crippen LogP contribution >= 0.6 is 11.6 Å². The van der Waals surface area contributed by atoms with Gasteiger partial charge >= 0.3 is 0 Å². The highest BCUT2D eigenvalue weighted by molar-refractivity contribution is 6.17. The zero-order valence-corrected chi connectivity index (χ0v) is 11.9. The molecule has 100 valence electrons. The van der Waals surface area contributed by atoms with Gasteiger partial charge in [0.15, 0.2) is 0 Å². The van der Waals surface area contributed by atoms with Crippen molar-refractivity contribution in [1.82, 2.24) is 5.32 Å². The molecule has 1 saturated carbocycles. The van der Waals surface area contributed by atoms with Crippen LogP contribution in [-0.2, 0) is 4.79 Å². The van der Waals surface area contributed by atoms with Gasteiger partial charge in [0.05, 0.1) is 0 Å². The first-order valence-electron chi connectivity index (χ1n) is 7.02. The molecule has 1 amide bonds. The highest BCUT2D eigenvalue weighted by Gasteiger charge is 2.29. The minimum Gasteiger partial charge on any atom is -0.356 e. The molecule has 1 fully saturated rings. The normalized spacial score (nSPS) is 25.8. The van der Waals surface area contributed by atoms with Crippen LogP contribution in [0.5, 0.6) is 0 Å². The van der Waals surface area contributed by atoms with Crippen molar-refractivity contribution >= 4 is 17.5 Å². The van der Waals surface area contributed by atoms with E-state index in [1.807, 2.05) is 0 Å². The minimum atomic E-state index is 0.258. The maximum absolute atomic E-state index is 12.0. The van der Waals surface area contributed by atoms with E-state index in [4.69, 9.17) is 11.6 Å². The van der Waals surface area contributed by atoms with E-state index < -0.39 is 0 Å². The van der Waals surface area contributed by atoms with E-state index in [9.17, 15) is 4.79 Å². The van der Waals surface area contributed by atoms with Crippen molar-refractivity contribution in [3.05, 3.63) is 0 Å². The second-order valence-electron chi connectivity index (χ2n) is 5.39. The number of carbonyl (C=O) groups is 1. The van der Waals surface area contributed by atoms with Crippen LogP contribution in [0.25, 0.3) is 0 Å². The molecule has 0 aromatic rings. The average molecular weight is 260 g/mol. The van der Waals surface area contributed by atoms with Crippen LogP contribution in [0.1, 0.15) is 52.4 Å². The predicted molar refractivity (Wildman–Crippen MR) is 73.2 cm³/mol. The van der Waals surface area contributed by atoms with Crippen molar-refractivity contribution < 1.29 is 4.79 Å². The monoisotopic (exact) mass is 259 g/mol. The van der Waals surface area contributed by atoms with E-state index in [0.717, 1.165) is 32.2 Å². The van der Waals surface area contributed by atoms with E-state index >= 15 is 0 Å². The summed E-state index contributed by atoms with van der Waals surface area (Å²) in [5, 5.41) is 3.13. The summed E-state index contributed by atoms with van der Waals surface area (Å²) in [7, 11) is 0. The molecule has 0 saturated heterocycles. The Morgan fingerprint density at radius 3 is 2.71 bits per heavy atom. The zero-order chi connectivity index (χ0) is 12.7. The Hall–Kier alpha value is -0.240. The van der Waals surface area contributed by atoms with Crippen LogP contribution in [0.4, 0.5) is 0 Å². The first kappa shape index (κ1) is 14.8. The number of amides is 1. The Labute approximate surface area is 110 Å². The molecule has 0 aliphatic heterocycles. The molecule has 0 spiro atoms. The Bertz CT molecular complexity index is 226. The average Bonchev–Trinajstić information content (AvgIpc) is 2.72. The van der Waals surface area contributed by atoms with Gasteiger partial charge in [-0.3, -0.25) is 4.79 Å². The highest BCUT2D eigenvalue weighted by atomic mass is 35.5. The Morgan fingerprint density at radius 2 is 2.18 bits per heavy atom. The van der Waals surface area contributed by atoms with Crippen molar-refractivity contribution in [3.63, 3.8) is 0 Å². The predicted octanol–water partition coefficient (Wildman–Crippen LogP) is 3.58. The molecule has 0 radical (unpaired) electrons. The lowest BCUT2D eigenvalue weighted by atomic mass is 9.96. The molecule has 0 aromatic heterocycles. The third kappa shape index (κ3) is 4.87. The summed E-state index contributed by atoms with van der Waals surface area (Å²) < 4.78 is 0. The van der Waals surface area contributed by atoms with Crippen LogP contribution < -0.4 is 5.32 Å². The summed E-state index contributed by atoms with van der Waals surface area (Å²) in [4.78, 5) is 12.0. The summed E-state index contributed by atoms with van der Waals surface area (Å²) in [6.45, 7) is 5.18. The molecular formula is C14H26ClNO. The summed E-state index contributed by atoms with van der Waals surface area (Å²) in [5.74, 6) is 2.34. The number of hydrogen-bond donors (Lipinski definition) is 1. The first-order chi connectivity index (χ1) is 8.19. The second-order valence-corrected chi connectivity index (χ2v) is 5.77. The van der Waals surface area contributed by atoms with Crippen LogP contribution in [0.3, 0.4) is 0 Å². The van der Waals surface area contributed by atoms with Crippen molar-refractivity contribution in [3.8, 4) is 0 Å². The third-order valence-electron chi connectivity index (χ3n) is 3.98. The van der Waals surface area contributed by atoms with Gasteiger partial charge in [0.1, 0.15) is 0 Å². The zero-order valence-electron chi connectivity index (χ0n) is 11.2. The van der Waals surface area contributed by atoms with Gasteiger partial charge in [-0.25, -0.2) is 0 Å². The number of rotatable bonds is 7. The van der Waals surface area contributed by atoms with Gasteiger partial charge < -0.3 is 5.32 Å². The summed E-state index contributed by atoms with van der Waals surface area (Å²) in [5.41, 5.74) is 0. The van der Waals surface area contributed by atoms with Crippen molar-refractivity contribution in [2.75, 3.05) is 12.4 Å². The highest BCUT2D eigenvalue weighted by Crippen LogP contribution is 2.31. The Kier molecular flexibility index (Phi) is 6.94. The lowest BCUT2D eigenvalue weighted by molar-refractivity contribution is -0.126. The maximum atomic E-state index is 12.0. The molecule has 3 atom stereocenters. The smallest absolute Gasteiger partial charge is 0.223 e. The lowest BCUT2D eigenvalue weighted by Crippen LogP contribution is -2.35. The largest absolute Gasteiger partial charge is 0.356 e.